The van der Waals surface area contributed by atoms with Gasteiger partial charge in [-0.2, -0.15) is 0 Å². The number of benzene rings is 1. The summed E-state index contributed by atoms with van der Waals surface area (Å²) >= 11 is 0. The molecule has 0 saturated carbocycles. The molecule has 0 fully saturated rings. The summed E-state index contributed by atoms with van der Waals surface area (Å²) < 4.78 is 0. The quantitative estimate of drug-likeness (QED) is 0.0450. The third kappa shape index (κ3) is 54.1. The third-order valence-corrected chi connectivity index (χ3v) is 27.5. The van der Waals surface area contributed by atoms with Crippen LogP contribution in [-0.2, 0) is 6.16 Å². The van der Waals surface area contributed by atoms with Crippen LogP contribution in [0.25, 0.3) is 6.08 Å². The van der Waals surface area contributed by atoms with Crippen LogP contribution in [0.2, 0.25) is 0 Å². The van der Waals surface area contributed by atoms with Gasteiger partial charge in [0.05, 0.1) is 49.3 Å². The molecule has 0 nitrogen and oxygen atoms in total. The van der Waals surface area contributed by atoms with E-state index < -0.39 is 14.5 Å². The minimum absolute atomic E-state index is 0. The molecule has 0 atom stereocenters. The molecule has 0 radical (unpaired) electrons. The van der Waals surface area contributed by atoms with Crippen molar-refractivity contribution in [2.45, 2.75) is 376 Å². The van der Waals surface area contributed by atoms with Crippen LogP contribution in [0.15, 0.2) is 30.8 Å². The van der Waals surface area contributed by atoms with Crippen molar-refractivity contribution in [1.82, 2.24) is 0 Å². The van der Waals surface area contributed by atoms with Gasteiger partial charge in [-0.1, -0.05) is 342 Å². The zero-order valence-corrected chi connectivity index (χ0v) is 57.6. The Bertz CT molecular complexity index is 1120. The molecule has 1 aromatic rings. The summed E-state index contributed by atoms with van der Waals surface area (Å²) in [5.41, 5.74) is 2.90. The van der Waals surface area contributed by atoms with Crippen LogP contribution in [0.3, 0.4) is 0 Å². The molecule has 0 unspecified atom stereocenters. The lowest BCUT2D eigenvalue weighted by atomic mass is 10.0. The summed E-state index contributed by atoms with van der Waals surface area (Å²) in [6.07, 6.45) is 87.6. The van der Waals surface area contributed by atoms with Gasteiger partial charge < -0.3 is 24.8 Å². The topological polar surface area (TPSA) is 0 Å². The van der Waals surface area contributed by atoms with Gasteiger partial charge in [0.1, 0.15) is 0 Å². The Balaban J connectivity index is -0.00000246. The van der Waals surface area contributed by atoms with E-state index in [2.05, 4.69) is 79.3 Å². The average molecular weight is 1150 g/mol. The van der Waals surface area contributed by atoms with Crippen LogP contribution < -0.4 is 24.8 Å². The van der Waals surface area contributed by atoms with Crippen molar-refractivity contribution < 1.29 is 24.8 Å². The van der Waals surface area contributed by atoms with Gasteiger partial charge in [0, 0.05) is 14.5 Å². The molecule has 460 valence electrons. The normalized spacial score (nSPS) is 11.6. The molecule has 0 saturated heterocycles. The van der Waals surface area contributed by atoms with Crippen LogP contribution in [0.4, 0.5) is 0 Å². The Kier molecular flexibility index (Phi) is 69.5. The summed E-state index contributed by atoms with van der Waals surface area (Å²) in [7, 11) is -1.58. The second-order valence-electron chi connectivity index (χ2n) is 25.1. The number of hydrogen-bond donors (Lipinski definition) is 0. The Morgan fingerprint density at radius 2 is 0.429 bits per heavy atom. The first-order valence-corrected chi connectivity index (χ1v) is 40.4. The standard InChI is InChI=1S/C57H108P.C16H36P.2ClH/c1-5-9-12-15-18-21-24-27-30-33-36-39-42-45-52-58(55-57-50-48-56(8-4)49-51-57,53-46-43-40-37-34-31-28-25-22-19-16-13-10-6-2)54-47-44-41-38-35-32-29-26-23-20-17-14-11-7-3;1-5-9-13-17(14-10-6-2,15-11-7-3)16-12-8-4;;/h8,48-51H,4-7,9-47,52-55H2,1-3H3;5-16H2,1-4H3;2*1H/q2*+1;;/p-2. The van der Waals surface area contributed by atoms with E-state index in [0.29, 0.717) is 0 Å². The summed E-state index contributed by atoms with van der Waals surface area (Å²) in [6, 6.07) is 9.60. The van der Waals surface area contributed by atoms with Crippen LogP contribution >= 0.6 is 14.5 Å². The Morgan fingerprint density at radius 3 is 0.623 bits per heavy atom. The molecule has 1 aromatic carbocycles. The molecular formula is C73H144Cl2P2. The summed E-state index contributed by atoms with van der Waals surface area (Å²) in [5.74, 6) is 0. The summed E-state index contributed by atoms with van der Waals surface area (Å²) in [4.78, 5) is 0. The van der Waals surface area contributed by atoms with Gasteiger partial charge in [0.2, 0.25) is 0 Å². The van der Waals surface area contributed by atoms with Crippen molar-refractivity contribution in [2.24, 2.45) is 0 Å². The van der Waals surface area contributed by atoms with Gasteiger partial charge in [-0.15, -0.1) is 0 Å². The second kappa shape index (κ2) is 65.6. The number of hydrogen-bond acceptors (Lipinski definition) is 0. The van der Waals surface area contributed by atoms with E-state index in [9.17, 15) is 0 Å². The van der Waals surface area contributed by atoms with Crippen molar-refractivity contribution in [2.75, 3.05) is 43.1 Å². The van der Waals surface area contributed by atoms with Crippen molar-refractivity contribution in [3.05, 3.63) is 42.0 Å². The Hall–Kier alpha value is 0.400. The van der Waals surface area contributed by atoms with Crippen LogP contribution in [0.5, 0.6) is 0 Å². The highest BCUT2D eigenvalue weighted by molar-refractivity contribution is 7.76. The van der Waals surface area contributed by atoms with Gasteiger partial charge in [0.15, 0.2) is 0 Å². The lowest BCUT2D eigenvalue weighted by Gasteiger charge is -2.29. The highest BCUT2D eigenvalue weighted by Gasteiger charge is 2.36. The maximum absolute atomic E-state index is 4.05. The SMILES string of the molecule is C=Cc1ccc(C[P+](CCCCCCCCCCCCCCCC)(CCCCCCCCCCCCCCCC)CCCCCCCCCCCCCCCC)cc1.CCCC[P+](CCCC)(CCCC)CCCC.[Cl-].[Cl-]. The van der Waals surface area contributed by atoms with Crippen molar-refractivity contribution >= 4 is 20.6 Å². The smallest absolute Gasteiger partial charge is 0.0842 e. The monoisotopic (exact) mass is 1150 g/mol. The maximum atomic E-state index is 4.05. The fourth-order valence-corrected chi connectivity index (χ4v) is 22.4. The van der Waals surface area contributed by atoms with Gasteiger partial charge in [-0.05, 0) is 75.3 Å². The summed E-state index contributed by atoms with van der Waals surface area (Å²) in [6.45, 7) is 20.4. The predicted molar refractivity (Wildman–Crippen MR) is 359 cm³/mol. The van der Waals surface area contributed by atoms with E-state index in [1.54, 1.807) is 48.7 Å². The van der Waals surface area contributed by atoms with Crippen molar-refractivity contribution in [3.63, 3.8) is 0 Å². The fraction of sp³-hybridized carbons (Fsp3) is 0.890. The van der Waals surface area contributed by atoms with E-state index in [4.69, 9.17) is 0 Å². The third-order valence-electron chi connectivity index (χ3n) is 17.6. The second-order valence-corrected chi connectivity index (χ2v) is 33.9. The number of unbranched alkanes of at least 4 members (excludes halogenated alkanes) is 43. The Labute approximate surface area is 503 Å². The molecule has 0 aliphatic carbocycles. The zero-order chi connectivity index (χ0) is 54.7. The van der Waals surface area contributed by atoms with E-state index in [1.165, 1.54) is 333 Å². The molecule has 0 heterocycles. The molecule has 77 heavy (non-hydrogen) atoms. The largest absolute Gasteiger partial charge is 1.00 e. The van der Waals surface area contributed by atoms with Crippen molar-refractivity contribution in [1.29, 1.82) is 0 Å². The molecule has 0 aliphatic heterocycles. The van der Waals surface area contributed by atoms with Gasteiger partial charge in [0.25, 0.3) is 0 Å². The molecule has 0 spiro atoms. The predicted octanol–water partition coefficient (Wildman–Crippen LogP) is 21.5. The molecule has 1 rings (SSSR count). The lowest BCUT2D eigenvalue weighted by Crippen LogP contribution is -3.00. The van der Waals surface area contributed by atoms with E-state index in [-0.39, 0.29) is 24.8 Å². The van der Waals surface area contributed by atoms with Gasteiger partial charge in [-0.3, -0.25) is 0 Å². The highest BCUT2D eigenvalue weighted by atomic mass is 35.5. The van der Waals surface area contributed by atoms with E-state index in [0.717, 1.165) is 0 Å². The maximum Gasteiger partial charge on any atom is 0.0842 e. The fourth-order valence-electron chi connectivity index (χ4n) is 12.3. The lowest BCUT2D eigenvalue weighted by molar-refractivity contribution is -0.001000. The van der Waals surface area contributed by atoms with Crippen LogP contribution in [0.1, 0.15) is 381 Å². The van der Waals surface area contributed by atoms with Gasteiger partial charge in [-0.25, -0.2) is 0 Å². The first-order valence-electron chi connectivity index (χ1n) is 35.4. The molecule has 0 amide bonds. The molecular weight excluding hydrogens is 1010 g/mol. The Morgan fingerprint density at radius 1 is 0.247 bits per heavy atom. The van der Waals surface area contributed by atoms with Gasteiger partial charge >= 0.3 is 0 Å². The van der Waals surface area contributed by atoms with E-state index in [1.807, 2.05) is 6.08 Å². The molecule has 0 aliphatic rings. The first-order chi connectivity index (χ1) is 36.9. The number of halogens is 2. The average Bonchev–Trinajstić information content (AvgIpc) is 3.43. The molecule has 0 N–H and O–H groups in total. The molecule has 0 bridgehead atoms. The van der Waals surface area contributed by atoms with E-state index >= 15 is 0 Å². The van der Waals surface area contributed by atoms with Crippen molar-refractivity contribution in [3.8, 4) is 0 Å². The van der Waals surface area contributed by atoms with Crippen LogP contribution in [0, 0.1) is 0 Å². The van der Waals surface area contributed by atoms with Crippen LogP contribution in [-0.4, -0.2) is 43.1 Å². The minimum Gasteiger partial charge on any atom is -1.00 e. The number of rotatable bonds is 60. The zero-order valence-electron chi connectivity index (χ0n) is 54.3. The molecule has 0 aromatic heterocycles. The summed E-state index contributed by atoms with van der Waals surface area (Å²) in [5, 5.41) is 0. The molecule has 4 heteroatoms. The first kappa shape index (κ1) is 81.6. The highest BCUT2D eigenvalue weighted by Crippen LogP contribution is 2.64. The minimum atomic E-state index is -1.02.